The second-order valence-corrected chi connectivity index (χ2v) is 4.43. The molecule has 3 aromatic rings. The second kappa shape index (κ2) is 4.85. The molecule has 0 atom stereocenters. The van der Waals surface area contributed by atoms with E-state index in [0.29, 0.717) is 0 Å². The molecule has 0 aliphatic heterocycles. The van der Waals surface area contributed by atoms with E-state index in [1.54, 1.807) is 13.1 Å². The van der Waals surface area contributed by atoms with Gasteiger partial charge in [0.15, 0.2) is 0 Å². The van der Waals surface area contributed by atoms with Gasteiger partial charge in [0.1, 0.15) is 0 Å². The van der Waals surface area contributed by atoms with Crippen LogP contribution in [0.1, 0.15) is 12.5 Å². The number of ether oxygens (including phenoxy) is 2. The van der Waals surface area contributed by atoms with E-state index in [-0.39, 0.29) is 12.5 Å². The molecule has 5 nitrogen and oxygen atoms in total. The molecule has 0 saturated carbocycles. The smallest absolute Gasteiger partial charge is 0.434 e. The van der Waals surface area contributed by atoms with Gasteiger partial charge in [0.2, 0.25) is 5.88 Å². The number of H-pyrrole nitrogens is 1. The van der Waals surface area contributed by atoms with E-state index in [1.165, 1.54) is 0 Å². The van der Waals surface area contributed by atoms with Crippen molar-refractivity contribution < 1.29 is 14.3 Å². The van der Waals surface area contributed by atoms with E-state index in [1.807, 2.05) is 31.2 Å². The number of fused-ring (bicyclic) bond motifs is 3. The number of rotatable bonds is 2. The number of aryl methyl sites for hydroxylation is 1. The van der Waals surface area contributed by atoms with E-state index >= 15 is 0 Å². The molecular formula is C15H14N2O3. The van der Waals surface area contributed by atoms with Crippen LogP contribution in [0.5, 0.6) is 5.88 Å². The van der Waals surface area contributed by atoms with Crippen LogP contribution >= 0.6 is 0 Å². The van der Waals surface area contributed by atoms with Crippen molar-refractivity contribution in [1.29, 1.82) is 0 Å². The van der Waals surface area contributed by atoms with Crippen molar-refractivity contribution >= 4 is 28.0 Å². The highest BCUT2D eigenvalue weighted by atomic mass is 16.7. The molecule has 0 radical (unpaired) electrons. The SMILES string of the molecule is CCOC(=O)Oc1ncc2[nH]c3ccccc3c2c1C. The van der Waals surface area contributed by atoms with Crippen LogP contribution in [-0.4, -0.2) is 22.7 Å². The van der Waals surface area contributed by atoms with Gasteiger partial charge in [-0.25, -0.2) is 9.78 Å². The lowest BCUT2D eigenvalue weighted by Crippen LogP contribution is -2.11. The number of nitrogens with one attached hydrogen (secondary N) is 1. The molecular weight excluding hydrogens is 256 g/mol. The lowest BCUT2D eigenvalue weighted by molar-refractivity contribution is 0.102. The number of carbonyl (C=O) groups excluding carboxylic acids is 1. The van der Waals surface area contributed by atoms with Crippen LogP contribution in [0.25, 0.3) is 21.8 Å². The van der Waals surface area contributed by atoms with Gasteiger partial charge >= 0.3 is 6.16 Å². The summed E-state index contributed by atoms with van der Waals surface area (Å²) in [5, 5.41) is 2.09. The molecule has 20 heavy (non-hydrogen) atoms. The maximum atomic E-state index is 11.4. The van der Waals surface area contributed by atoms with Gasteiger partial charge in [0.05, 0.1) is 18.3 Å². The highest BCUT2D eigenvalue weighted by Crippen LogP contribution is 2.31. The Morgan fingerprint density at radius 2 is 2.10 bits per heavy atom. The maximum absolute atomic E-state index is 11.4. The van der Waals surface area contributed by atoms with Crippen LogP contribution < -0.4 is 4.74 Å². The number of aromatic nitrogens is 2. The van der Waals surface area contributed by atoms with Gasteiger partial charge < -0.3 is 14.5 Å². The van der Waals surface area contributed by atoms with E-state index in [4.69, 9.17) is 9.47 Å². The fourth-order valence-corrected chi connectivity index (χ4v) is 2.32. The first-order chi connectivity index (χ1) is 9.70. The largest absolute Gasteiger partial charge is 0.515 e. The quantitative estimate of drug-likeness (QED) is 0.723. The van der Waals surface area contributed by atoms with Crippen molar-refractivity contribution in [1.82, 2.24) is 9.97 Å². The van der Waals surface area contributed by atoms with Gasteiger partial charge in [0.25, 0.3) is 0 Å². The van der Waals surface area contributed by atoms with Crippen LogP contribution in [0, 0.1) is 6.92 Å². The third-order valence-corrected chi connectivity index (χ3v) is 3.18. The third kappa shape index (κ3) is 1.97. The van der Waals surface area contributed by atoms with Crippen molar-refractivity contribution in [3.63, 3.8) is 0 Å². The topological polar surface area (TPSA) is 64.2 Å². The predicted octanol–water partition coefficient (Wildman–Crippen LogP) is 3.56. The molecule has 2 heterocycles. The standard InChI is InChI=1S/C15H14N2O3/c1-3-19-15(18)20-14-9(2)13-10-6-4-5-7-11(10)17-12(13)8-16-14/h4-8,17H,3H2,1-2H3. The Labute approximate surface area is 115 Å². The van der Waals surface area contributed by atoms with Gasteiger partial charge in [-0.05, 0) is 19.9 Å². The summed E-state index contributed by atoms with van der Waals surface area (Å²) in [6.07, 6.45) is 0.930. The Balaban J connectivity index is 2.14. The monoisotopic (exact) mass is 270 g/mol. The summed E-state index contributed by atoms with van der Waals surface area (Å²) in [7, 11) is 0. The summed E-state index contributed by atoms with van der Waals surface area (Å²) < 4.78 is 9.90. The van der Waals surface area contributed by atoms with Crippen molar-refractivity contribution in [3.05, 3.63) is 36.0 Å². The fourth-order valence-electron chi connectivity index (χ4n) is 2.32. The van der Waals surface area contributed by atoms with Crippen LogP contribution in [0.3, 0.4) is 0 Å². The zero-order chi connectivity index (χ0) is 14.1. The average molecular weight is 270 g/mol. The number of nitrogens with zero attached hydrogens (tertiary/aromatic N) is 1. The summed E-state index contributed by atoms with van der Waals surface area (Å²) >= 11 is 0. The molecule has 3 rings (SSSR count). The van der Waals surface area contributed by atoms with Crippen molar-refractivity contribution in [2.45, 2.75) is 13.8 Å². The zero-order valence-electron chi connectivity index (χ0n) is 11.3. The summed E-state index contributed by atoms with van der Waals surface area (Å²) in [4.78, 5) is 18.9. The van der Waals surface area contributed by atoms with E-state index in [9.17, 15) is 4.79 Å². The molecule has 0 saturated heterocycles. The summed E-state index contributed by atoms with van der Waals surface area (Å²) in [6.45, 7) is 3.88. The zero-order valence-corrected chi connectivity index (χ0v) is 11.3. The number of para-hydroxylation sites is 1. The third-order valence-electron chi connectivity index (χ3n) is 3.18. The van der Waals surface area contributed by atoms with Crippen molar-refractivity contribution in [2.75, 3.05) is 6.61 Å². The minimum Gasteiger partial charge on any atom is -0.434 e. The highest BCUT2D eigenvalue weighted by molar-refractivity contribution is 6.09. The van der Waals surface area contributed by atoms with Crippen LogP contribution in [-0.2, 0) is 4.74 Å². The molecule has 1 aromatic carbocycles. The van der Waals surface area contributed by atoms with Gasteiger partial charge in [0, 0.05) is 21.9 Å². The van der Waals surface area contributed by atoms with Gasteiger partial charge in [-0.1, -0.05) is 18.2 Å². The molecule has 0 fully saturated rings. The Morgan fingerprint density at radius 3 is 2.90 bits per heavy atom. The molecule has 0 aliphatic rings. The number of aromatic amines is 1. The van der Waals surface area contributed by atoms with Gasteiger partial charge in [-0.2, -0.15) is 0 Å². The minimum absolute atomic E-state index is 0.271. The second-order valence-electron chi connectivity index (χ2n) is 4.43. The average Bonchev–Trinajstić information content (AvgIpc) is 2.81. The van der Waals surface area contributed by atoms with E-state index < -0.39 is 6.16 Å². The van der Waals surface area contributed by atoms with Crippen LogP contribution in [0.2, 0.25) is 0 Å². The number of pyridine rings is 1. The molecule has 0 amide bonds. The van der Waals surface area contributed by atoms with Crippen LogP contribution in [0.15, 0.2) is 30.5 Å². The Morgan fingerprint density at radius 1 is 1.30 bits per heavy atom. The molecule has 0 spiro atoms. The molecule has 0 aliphatic carbocycles. The van der Waals surface area contributed by atoms with E-state index in [2.05, 4.69) is 9.97 Å². The van der Waals surface area contributed by atoms with Crippen molar-refractivity contribution in [3.8, 4) is 5.88 Å². The van der Waals surface area contributed by atoms with Crippen molar-refractivity contribution in [2.24, 2.45) is 0 Å². The number of carbonyl (C=O) groups is 1. The number of hydrogen-bond donors (Lipinski definition) is 1. The first-order valence-electron chi connectivity index (χ1n) is 6.41. The Bertz CT molecular complexity index is 792. The summed E-state index contributed by atoms with van der Waals surface area (Å²) in [5.41, 5.74) is 2.76. The van der Waals surface area contributed by atoms with E-state index in [0.717, 1.165) is 27.4 Å². The highest BCUT2D eigenvalue weighted by Gasteiger charge is 2.14. The Kier molecular flexibility index (Phi) is 3.02. The molecule has 0 unspecified atom stereocenters. The minimum atomic E-state index is -0.734. The maximum Gasteiger partial charge on any atom is 0.515 e. The molecule has 2 aromatic heterocycles. The van der Waals surface area contributed by atoms with Crippen LogP contribution in [0.4, 0.5) is 4.79 Å². The predicted molar refractivity (Wildman–Crippen MR) is 76.0 cm³/mol. The lowest BCUT2D eigenvalue weighted by atomic mass is 10.1. The molecule has 1 N–H and O–H groups in total. The molecule has 0 bridgehead atoms. The lowest BCUT2D eigenvalue weighted by Gasteiger charge is -2.06. The van der Waals surface area contributed by atoms with Gasteiger partial charge in [-0.3, -0.25) is 0 Å². The fraction of sp³-hybridized carbons (Fsp3) is 0.200. The Hall–Kier alpha value is -2.56. The molecule has 5 heteroatoms. The summed E-state index contributed by atoms with van der Waals surface area (Å²) in [6, 6.07) is 7.97. The normalized spacial score (nSPS) is 10.9. The number of benzene rings is 1. The molecule has 102 valence electrons. The summed E-state index contributed by atoms with van der Waals surface area (Å²) in [5.74, 6) is 0.278. The number of hydrogen-bond acceptors (Lipinski definition) is 4. The first kappa shape index (κ1) is 12.5. The first-order valence-corrected chi connectivity index (χ1v) is 6.41. The van der Waals surface area contributed by atoms with Gasteiger partial charge in [-0.15, -0.1) is 0 Å².